The van der Waals surface area contributed by atoms with Gasteiger partial charge in [-0.25, -0.2) is 4.39 Å². The topological polar surface area (TPSA) is 61.6 Å². The van der Waals surface area contributed by atoms with Gasteiger partial charge in [-0.15, -0.1) is 0 Å². The molecule has 5 nitrogen and oxygen atoms in total. The van der Waals surface area contributed by atoms with Gasteiger partial charge in [0, 0.05) is 13.1 Å². The van der Waals surface area contributed by atoms with Gasteiger partial charge in [0.25, 0.3) is 0 Å². The zero-order valence-corrected chi connectivity index (χ0v) is 11.6. The summed E-state index contributed by atoms with van der Waals surface area (Å²) >= 11 is 0. The van der Waals surface area contributed by atoms with E-state index in [9.17, 15) is 9.18 Å². The Balaban J connectivity index is 2.48. The number of likely N-dealkylation sites (N-methyl/N-ethyl adjacent to an activating group) is 2. The first-order valence-electron chi connectivity index (χ1n) is 6.06. The van der Waals surface area contributed by atoms with Crippen molar-refractivity contribution in [3.63, 3.8) is 0 Å². The number of nitrogens with one attached hydrogen (secondary N) is 1. The van der Waals surface area contributed by atoms with Crippen molar-refractivity contribution in [3.8, 4) is 0 Å². The van der Waals surface area contributed by atoms with Gasteiger partial charge < -0.3 is 16.0 Å². The summed E-state index contributed by atoms with van der Waals surface area (Å²) in [5.41, 5.74) is 6.33. The summed E-state index contributed by atoms with van der Waals surface area (Å²) in [5, 5.41) is 2.61. The molecule has 1 aromatic rings. The van der Waals surface area contributed by atoms with Crippen molar-refractivity contribution in [1.29, 1.82) is 0 Å². The lowest BCUT2D eigenvalue weighted by atomic mass is 10.2. The van der Waals surface area contributed by atoms with Crippen LogP contribution < -0.4 is 11.1 Å². The third kappa shape index (κ3) is 5.67. The molecule has 1 rings (SSSR count). The Morgan fingerprint density at radius 2 is 2.00 bits per heavy atom. The summed E-state index contributed by atoms with van der Waals surface area (Å²) < 4.78 is 13.0. The van der Waals surface area contributed by atoms with Crippen LogP contribution in [0.25, 0.3) is 0 Å². The third-order valence-corrected chi connectivity index (χ3v) is 2.63. The first kappa shape index (κ1) is 15.4. The molecule has 0 aliphatic rings. The van der Waals surface area contributed by atoms with Crippen molar-refractivity contribution in [2.24, 2.45) is 0 Å². The highest BCUT2D eigenvalue weighted by molar-refractivity contribution is 5.95. The van der Waals surface area contributed by atoms with Crippen LogP contribution in [0.4, 0.5) is 15.8 Å². The number of halogens is 1. The van der Waals surface area contributed by atoms with Crippen LogP contribution >= 0.6 is 0 Å². The lowest BCUT2D eigenvalue weighted by Crippen LogP contribution is -2.35. The smallest absolute Gasteiger partial charge is 0.238 e. The molecule has 0 saturated carbocycles. The summed E-state index contributed by atoms with van der Waals surface area (Å²) in [4.78, 5) is 15.7. The maximum atomic E-state index is 13.0. The predicted octanol–water partition coefficient (Wildman–Crippen LogP) is 0.840. The lowest BCUT2D eigenvalue weighted by Gasteiger charge is -2.19. The molecular weight excluding hydrogens is 247 g/mol. The van der Waals surface area contributed by atoms with E-state index in [4.69, 9.17) is 5.73 Å². The maximum Gasteiger partial charge on any atom is 0.238 e. The fraction of sp³-hybridized carbons (Fsp3) is 0.462. The van der Waals surface area contributed by atoms with Gasteiger partial charge >= 0.3 is 0 Å². The van der Waals surface area contributed by atoms with E-state index in [0.29, 0.717) is 11.4 Å². The van der Waals surface area contributed by atoms with E-state index in [1.807, 2.05) is 30.9 Å². The highest BCUT2D eigenvalue weighted by Gasteiger charge is 2.09. The molecule has 19 heavy (non-hydrogen) atoms. The van der Waals surface area contributed by atoms with Gasteiger partial charge in [0.1, 0.15) is 5.82 Å². The molecule has 0 bridgehead atoms. The van der Waals surface area contributed by atoms with Gasteiger partial charge in [-0.1, -0.05) is 0 Å². The normalized spacial score (nSPS) is 11.1. The Labute approximate surface area is 113 Å². The van der Waals surface area contributed by atoms with E-state index in [1.165, 1.54) is 18.2 Å². The summed E-state index contributed by atoms with van der Waals surface area (Å²) in [7, 11) is 5.81. The summed E-state index contributed by atoms with van der Waals surface area (Å²) in [6.07, 6.45) is 0. The van der Waals surface area contributed by atoms with Crippen LogP contribution in [0.5, 0.6) is 0 Å². The SMILES string of the molecule is CN(C)CCN(C)CC(=O)Nc1cc(F)ccc1N. The molecule has 0 aromatic heterocycles. The Kier molecular flexibility index (Phi) is 5.72. The number of nitrogens with two attached hydrogens (primary N) is 1. The molecule has 0 saturated heterocycles. The van der Waals surface area contributed by atoms with E-state index in [0.717, 1.165) is 13.1 Å². The summed E-state index contributed by atoms with van der Waals surface area (Å²) in [6.45, 7) is 1.88. The average molecular weight is 268 g/mol. The number of nitrogen functional groups attached to an aromatic ring is 1. The number of rotatable bonds is 6. The van der Waals surface area contributed by atoms with E-state index in [-0.39, 0.29) is 12.5 Å². The van der Waals surface area contributed by atoms with Crippen LogP contribution in [0.15, 0.2) is 18.2 Å². The minimum Gasteiger partial charge on any atom is -0.397 e. The average Bonchev–Trinajstić information content (AvgIpc) is 2.31. The van der Waals surface area contributed by atoms with Crippen molar-refractivity contribution in [3.05, 3.63) is 24.0 Å². The quantitative estimate of drug-likeness (QED) is 0.751. The number of carbonyl (C=O) groups is 1. The Morgan fingerprint density at radius 1 is 1.32 bits per heavy atom. The molecule has 0 fully saturated rings. The molecule has 1 amide bonds. The van der Waals surface area contributed by atoms with Gasteiger partial charge in [-0.3, -0.25) is 9.69 Å². The third-order valence-electron chi connectivity index (χ3n) is 2.63. The van der Waals surface area contributed by atoms with Crippen LogP contribution in [0, 0.1) is 5.82 Å². The lowest BCUT2D eigenvalue weighted by molar-refractivity contribution is -0.117. The first-order chi connectivity index (χ1) is 8.88. The molecule has 106 valence electrons. The van der Waals surface area contributed by atoms with Gasteiger partial charge in [0.2, 0.25) is 5.91 Å². The zero-order chi connectivity index (χ0) is 14.4. The monoisotopic (exact) mass is 268 g/mol. The van der Waals surface area contributed by atoms with Crippen molar-refractivity contribution in [2.45, 2.75) is 0 Å². The first-order valence-corrected chi connectivity index (χ1v) is 6.06. The van der Waals surface area contributed by atoms with Crippen LogP contribution in [0.2, 0.25) is 0 Å². The number of anilines is 2. The highest BCUT2D eigenvalue weighted by Crippen LogP contribution is 2.18. The number of hydrogen-bond donors (Lipinski definition) is 2. The zero-order valence-electron chi connectivity index (χ0n) is 11.6. The van der Waals surface area contributed by atoms with E-state index >= 15 is 0 Å². The van der Waals surface area contributed by atoms with Gasteiger partial charge in [-0.2, -0.15) is 0 Å². The molecule has 3 N–H and O–H groups in total. The van der Waals surface area contributed by atoms with Gasteiger partial charge in [-0.05, 0) is 39.3 Å². The minimum absolute atomic E-state index is 0.210. The Morgan fingerprint density at radius 3 is 2.63 bits per heavy atom. The molecule has 0 aliphatic carbocycles. The predicted molar refractivity (Wildman–Crippen MR) is 75.5 cm³/mol. The van der Waals surface area contributed by atoms with Crippen LogP contribution in [0.1, 0.15) is 0 Å². The second-order valence-electron chi connectivity index (χ2n) is 4.82. The van der Waals surface area contributed by atoms with E-state index in [2.05, 4.69) is 5.32 Å². The van der Waals surface area contributed by atoms with Crippen LogP contribution in [-0.4, -0.2) is 56.5 Å². The van der Waals surface area contributed by atoms with Gasteiger partial charge in [0.15, 0.2) is 0 Å². The van der Waals surface area contributed by atoms with Crippen LogP contribution in [0.3, 0.4) is 0 Å². The number of amides is 1. The number of benzene rings is 1. The molecule has 0 heterocycles. The second-order valence-corrected chi connectivity index (χ2v) is 4.82. The van der Waals surface area contributed by atoms with Crippen molar-refractivity contribution in [2.75, 3.05) is 51.8 Å². The Hall–Kier alpha value is -1.66. The van der Waals surface area contributed by atoms with Crippen molar-refractivity contribution in [1.82, 2.24) is 9.80 Å². The fourth-order valence-electron chi connectivity index (χ4n) is 1.52. The molecule has 0 aliphatic heterocycles. The number of nitrogens with zero attached hydrogens (tertiary/aromatic N) is 2. The Bertz CT molecular complexity index is 437. The second kappa shape index (κ2) is 7.06. The fourth-order valence-corrected chi connectivity index (χ4v) is 1.52. The van der Waals surface area contributed by atoms with E-state index in [1.54, 1.807) is 0 Å². The summed E-state index contributed by atoms with van der Waals surface area (Å²) in [6, 6.07) is 3.90. The number of hydrogen-bond acceptors (Lipinski definition) is 4. The van der Waals surface area contributed by atoms with Gasteiger partial charge in [0.05, 0.1) is 17.9 Å². The standard InChI is InChI=1S/C13H21FN4O/c1-17(2)6-7-18(3)9-13(19)16-12-8-10(14)4-5-11(12)15/h4-5,8H,6-7,9,15H2,1-3H3,(H,16,19). The maximum absolute atomic E-state index is 13.0. The number of carbonyl (C=O) groups excluding carboxylic acids is 1. The minimum atomic E-state index is -0.425. The highest BCUT2D eigenvalue weighted by atomic mass is 19.1. The molecular formula is C13H21FN4O. The molecule has 0 radical (unpaired) electrons. The molecule has 0 spiro atoms. The molecule has 1 aromatic carbocycles. The molecule has 0 unspecified atom stereocenters. The van der Waals surface area contributed by atoms with Crippen molar-refractivity contribution >= 4 is 17.3 Å². The van der Waals surface area contributed by atoms with Crippen LogP contribution in [-0.2, 0) is 4.79 Å². The molecule has 0 atom stereocenters. The largest absolute Gasteiger partial charge is 0.397 e. The van der Waals surface area contributed by atoms with E-state index < -0.39 is 5.82 Å². The summed E-state index contributed by atoms with van der Waals surface area (Å²) in [5.74, 6) is -0.635. The van der Waals surface area contributed by atoms with Crippen molar-refractivity contribution < 1.29 is 9.18 Å². The molecule has 6 heteroatoms.